The Hall–Kier alpha value is -1.79. The van der Waals surface area contributed by atoms with Gasteiger partial charge >= 0.3 is 18.0 Å². The molecule has 1 rings (SSSR count). The summed E-state index contributed by atoms with van der Waals surface area (Å²) in [5, 5.41) is 0. The van der Waals surface area contributed by atoms with Gasteiger partial charge in [0, 0.05) is 12.5 Å². The van der Waals surface area contributed by atoms with Crippen molar-refractivity contribution in [3.63, 3.8) is 0 Å². The highest BCUT2D eigenvalue weighted by Gasteiger charge is 2.41. The Kier molecular flexibility index (Phi) is 7.47. The summed E-state index contributed by atoms with van der Waals surface area (Å²) in [4.78, 5) is 38.3. The van der Waals surface area contributed by atoms with Crippen molar-refractivity contribution in [1.82, 2.24) is 4.90 Å². The molecule has 1 aliphatic heterocycles. The fourth-order valence-electron chi connectivity index (χ4n) is 3.00. The van der Waals surface area contributed by atoms with Crippen LogP contribution in [0.4, 0.5) is 4.79 Å². The van der Waals surface area contributed by atoms with Crippen LogP contribution in [0, 0.1) is 0 Å². The van der Waals surface area contributed by atoms with E-state index >= 15 is 0 Å². The van der Waals surface area contributed by atoms with Gasteiger partial charge in [-0.1, -0.05) is 0 Å². The van der Waals surface area contributed by atoms with E-state index in [1.165, 1.54) is 12.0 Å². The van der Waals surface area contributed by atoms with Crippen LogP contribution in [0.5, 0.6) is 0 Å². The first kappa shape index (κ1) is 22.3. The number of carbonyl (C=O) groups excluding carboxylic acids is 3. The molecular weight excluding hydrogens is 338 g/mol. The first-order chi connectivity index (χ1) is 11.8. The number of piperidine rings is 1. The van der Waals surface area contributed by atoms with E-state index in [9.17, 15) is 14.4 Å². The Balaban J connectivity index is 2.89. The van der Waals surface area contributed by atoms with E-state index in [1.807, 2.05) is 20.8 Å². The van der Waals surface area contributed by atoms with Gasteiger partial charge < -0.3 is 14.2 Å². The number of esters is 2. The molecule has 0 saturated carbocycles. The van der Waals surface area contributed by atoms with E-state index in [4.69, 9.17) is 14.2 Å². The number of amides is 1. The standard InChI is InChI=1S/C19H33NO6/c1-18(2,3)25-15(21)12-11-13-9-8-10-14(16(22)24-7)20(13)17(23)26-19(4,5)6/h13-14H,8-12H2,1-7H3. The second kappa shape index (κ2) is 8.73. The van der Waals surface area contributed by atoms with Gasteiger partial charge in [-0.2, -0.15) is 0 Å². The first-order valence-corrected chi connectivity index (χ1v) is 9.15. The lowest BCUT2D eigenvalue weighted by Gasteiger charge is -2.41. The van der Waals surface area contributed by atoms with Crippen LogP contribution in [0.25, 0.3) is 0 Å². The lowest BCUT2D eigenvalue weighted by Crippen LogP contribution is -2.55. The van der Waals surface area contributed by atoms with Crippen molar-refractivity contribution in [1.29, 1.82) is 0 Å². The zero-order valence-corrected chi connectivity index (χ0v) is 17.1. The van der Waals surface area contributed by atoms with Gasteiger partial charge in [-0.25, -0.2) is 9.59 Å². The summed E-state index contributed by atoms with van der Waals surface area (Å²) in [6, 6.07) is -0.956. The number of methoxy groups -OCH3 is 1. The van der Waals surface area contributed by atoms with Gasteiger partial charge in [0.15, 0.2) is 0 Å². The van der Waals surface area contributed by atoms with Gasteiger partial charge in [0.25, 0.3) is 0 Å². The first-order valence-electron chi connectivity index (χ1n) is 9.15. The van der Waals surface area contributed by atoms with Crippen LogP contribution in [-0.4, -0.2) is 53.3 Å². The Morgan fingerprint density at radius 1 is 0.962 bits per heavy atom. The van der Waals surface area contributed by atoms with Crippen molar-refractivity contribution in [2.24, 2.45) is 0 Å². The SMILES string of the molecule is COC(=O)C1CCCC(CCC(=O)OC(C)(C)C)N1C(=O)OC(C)(C)C. The van der Waals surface area contributed by atoms with E-state index in [2.05, 4.69) is 0 Å². The largest absolute Gasteiger partial charge is 0.467 e. The minimum absolute atomic E-state index is 0.176. The number of likely N-dealkylation sites (tertiary alicyclic amines) is 1. The molecule has 7 nitrogen and oxygen atoms in total. The Bertz CT molecular complexity index is 517. The van der Waals surface area contributed by atoms with E-state index in [0.29, 0.717) is 19.3 Å². The molecule has 0 radical (unpaired) electrons. The second-order valence-corrected chi connectivity index (χ2v) is 8.64. The van der Waals surface area contributed by atoms with Crippen molar-refractivity contribution < 1.29 is 28.6 Å². The van der Waals surface area contributed by atoms with Crippen molar-refractivity contribution in [2.45, 2.75) is 96.9 Å². The number of carbonyl (C=O) groups is 3. The molecule has 0 spiro atoms. The third-order valence-electron chi connectivity index (χ3n) is 3.92. The number of ether oxygens (including phenoxy) is 3. The second-order valence-electron chi connectivity index (χ2n) is 8.64. The minimum Gasteiger partial charge on any atom is -0.467 e. The molecule has 0 aromatic carbocycles. The third kappa shape index (κ3) is 7.22. The van der Waals surface area contributed by atoms with Crippen LogP contribution in [0.2, 0.25) is 0 Å². The van der Waals surface area contributed by atoms with Gasteiger partial charge in [0.05, 0.1) is 7.11 Å². The maximum atomic E-state index is 12.7. The fraction of sp³-hybridized carbons (Fsp3) is 0.842. The van der Waals surface area contributed by atoms with Crippen LogP contribution in [-0.2, 0) is 23.8 Å². The van der Waals surface area contributed by atoms with E-state index in [0.717, 1.165) is 6.42 Å². The molecule has 0 aromatic rings. The van der Waals surface area contributed by atoms with Gasteiger partial charge in [0.1, 0.15) is 17.2 Å². The average Bonchev–Trinajstić information content (AvgIpc) is 2.48. The predicted molar refractivity (Wildman–Crippen MR) is 96.6 cm³/mol. The minimum atomic E-state index is -0.688. The lowest BCUT2D eigenvalue weighted by atomic mass is 9.93. The molecule has 0 aromatic heterocycles. The number of hydrogen-bond acceptors (Lipinski definition) is 6. The zero-order chi connectivity index (χ0) is 20.1. The van der Waals surface area contributed by atoms with Crippen LogP contribution in [0.1, 0.15) is 73.6 Å². The monoisotopic (exact) mass is 371 g/mol. The summed E-state index contributed by atoms with van der Waals surface area (Å²) < 4.78 is 15.7. The summed E-state index contributed by atoms with van der Waals surface area (Å²) in [5.74, 6) is -0.778. The van der Waals surface area contributed by atoms with E-state index in [1.54, 1.807) is 20.8 Å². The number of nitrogens with zero attached hydrogens (tertiary/aromatic N) is 1. The fourth-order valence-corrected chi connectivity index (χ4v) is 3.00. The molecule has 1 saturated heterocycles. The highest BCUT2D eigenvalue weighted by molar-refractivity contribution is 5.82. The summed E-state index contributed by atoms with van der Waals surface area (Å²) in [5.41, 5.74) is -1.23. The van der Waals surface area contributed by atoms with Gasteiger partial charge in [-0.05, 0) is 67.2 Å². The van der Waals surface area contributed by atoms with E-state index < -0.39 is 29.3 Å². The maximum Gasteiger partial charge on any atom is 0.411 e. The number of rotatable bonds is 4. The number of hydrogen-bond donors (Lipinski definition) is 0. The van der Waals surface area contributed by atoms with E-state index in [-0.39, 0.29) is 18.4 Å². The molecule has 1 aliphatic rings. The van der Waals surface area contributed by atoms with Crippen molar-refractivity contribution in [2.75, 3.05) is 7.11 Å². The Morgan fingerprint density at radius 3 is 2.04 bits per heavy atom. The summed E-state index contributed by atoms with van der Waals surface area (Å²) in [6.07, 6.45) is 2.04. The average molecular weight is 371 g/mol. The highest BCUT2D eigenvalue weighted by Crippen LogP contribution is 2.29. The smallest absolute Gasteiger partial charge is 0.411 e. The third-order valence-corrected chi connectivity index (χ3v) is 3.92. The highest BCUT2D eigenvalue weighted by atomic mass is 16.6. The van der Waals surface area contributed by atoms with Crippen LogP contribution in [0.3, 0.4) is 0 Å². The molecule has 2 unspecified atom stereocenters. The van der Waals surface area contributed by atoms with Crippen molar-refractivity contribution >= 4 is 18.0 Å². The maximum absolute atomic E-state index is 12.7. The molecule has 26 heavy (non-hydrogen) atoms. The summed E-state index contributed by atoms with van der Waals surface area (Å²) in [6.45, 7) is 10.8. The topological polar surface area (TPSA) is 82.1 Å². The zero-order valence-electron chi connectivity index (χ0n) is 17.1. The van der Waals surface area contributed by atoms with Crippen molar-refractivity contribution in [3.8, 4) is 0 Å². The molecule has 2 atom stereocenters. The molecule has 1 fully saturated rings. The van der Waals surface area contributed by atoms with Gasteiger partial charge in [0.2, 0.25) is 0 Å². The van der Waals surface area contributed by atoms with Crippen LogP contribution < -0.4 is 0 Å². The normalized spacial score (nSPS) is 21.1. The van der Waals surface area contributed by atoms with Crippen molar-refractivity contribution in [3.05, 3.63) is 0 Å². The molecule has 7 heteroatoms. The van der Waals surface area contributed by atoms with Crippen LogP contribution >= 0.6 is 0 Å². The molecule has 1 amide bonds. The molecule has 0 N–H and O–H groups in total. The molecule has 150 valence electrons. The Labute approximate surface area is 156 Å². The quantitative estimate of drug-likeness (QED) is 0.556. The molecule has 0 bridgehead atoms. The Morgan fingerprint density at radius 2 is 1.54 bits per heavy atom. The molecule has 1 heterocycles. The van der Waals surface area contributed by atoms with Crippen LogP contribution in [0.15, 0.2) is 0 Å². The van der Waals surface area contributed by atoms with Gasteiger partial charge in [-0.3, -0.25) is 9.69 Å². The lowest BCUT2D eigenvalue weighted by molar-refractivity contribution is -0.155. The summed E-state index contributed by atoms with van der Waals surface area (Å²) in [7, 11) is 1.31. The summed E-state index contributed by atoms with van der Waals surface area (Å²) >= 11 is 0. The molecule has 0 aliphatic carbocycles. The molecular formula is C19H33NO6. The predicted octanol–water partition coefficient (Wildman–Crippen LogP) is 3.44. The van der Waals surface area contributed by atoms with Gasteiger partial charge in [-0.15, -0.1) is 0 Å².